The molecule has 0 aromatic heterocycles. The van der Waals surface area contributed by atoms with E-state index in [9.17, 15) is 9.59 Å². The molecule has 3 heterocycles. The molecule has 0 spiro atoms. The molecule has 2 aromatic rings. The molecule has 0 aliphatic carbocycles. The minimum atomic E-state index is -0.495. The molecule has 0 N–H and O–H groups in total. The predicted octanol–water partition coefficient (Wildman–Crippen LogP) is 4.35. The van der Waals surface area contributed by atoms with Gasteiger partial charge in [-0.1, -0.05) is 36.8 Å². The van der Waals surface area contributed by atoms with Crippen molar-refractivity contribution in [2.24, 2.45) is 5.92 Å². The predicted molar refractivity (Wildman–Crippen MR) is 147 cm³/mol. The molecule has 0 saturated carbocycles. The number of hydrogen-bond donors (Lipinski definition) is 0. The largest absolute Gasteiger partial charge is 0.497 e. The van der Waals surface area contributed by atoms with Crippen LogP contribution in [-0.4, -0.2) is 86.6 Å². The number of carbonyl (C=O) groups is 2. The normalized spacial score (nSPS) is 25.4. The highest BCUT2D eigenvalue weighted by Gasteiger charge is 2.45. The molecule has 5 rings (SSSR count). The van der Waals surface area contributed by atoms with Gasteiger partial charge in [0.05, 0.1) is 25.7 Å². The van der Waals surface area contributed by atoms with E-state index in [1.165, 1.54) is 38.8 Å². The summed E-state index contributed by atoms with van der Waals surface area (Å²) < 4.78 is 10.8. The van der Waals surface area contributed by atoms with Crippen molar-refractivity contribution in [3.8, 4) is 5.75 Å². The third kappa shape index (κ3) is 5.19. The topological polar surface area (TPSA) is 62.3 Å². The van der Waals surface area contributed by atoms with Crippen LogP contribution in [0.15, 0.2) is 48.5 Å². The molecule has 204 valence electrons. The number of benzene rings is 2. The van der Waals surface area contributed by atoms with E-state index in [4.69, 9.17) is 9.47 Å². The van der Waals surface area contributed by atoms with E-state index in [0.29, 0.717) is 30.7 Å². The highest BCUT2D eigenvalue weighted by Crippen LogP contribution is 2.43. The van der Waals surface area contributed by atoms with E-state index in [-0.39, 0.29) is 11.8 Å². The molecule has 7 nitrogen and oxygen atoms in total. The molecule has 38 heavy (non-hydrogen) atoms. The zero-order valence-corrected chi connectivity index (χ0v) is 23.0. The van der Waals surface area contributed by atoms with Gasteiger partial charge < -0.3 is 24.2 Å². The van der Waals surface area contributed by atoms with Gasteiger partial charge in [0.2, 0.25) is 5.91 Å². The molecule has 7 heteroatoms. The quantitative estimate of drug-likeness (QED) is 0.519. The minimum Gasteiger partial charge on any atom is -0.497 e. The van der Waals surface area contributed by atoms with Gasteiger partial charge in [-0.25, -0.2) is 0 Å². The van der Waals surface area contributed by atoms with Gasteiger partial charge in [-0.3, -0.25) is 9.59 Å². The molecule has 2 aromatic carbocycles. The van der Waals surface area contributed by atoms with Crippen molar-refractivity contribution < 1.29 is 19.1 Å². The van der Waals surface area contributed by atoms with E-state index in [2.05, 4.69) is 4.90 Å². The number of amides is 2. The monoisotopic (exact) mass is 519 g/mol. The molecular formula is C31H41N3O4. The summed E-state index contributed by atoms with van der Waals surface area (Å²) in [6.45, 7) is 4.12. The lowest BCUT2D eigenvalue weighted by Crippen LogP contribution is -2.53. The van der Waals surface area contributed by atoms with Crippen molar-refractivity contribution in [3.05, 3.63) is 65.2 Å². The molecule has 4 atom stereocenters. The van der Waals surface area contributed by atoms with Crippen LogP contribution in [0.1, 0.15) is 65.5 Å². The average molecular weight is 520 g/mol. The van der Waals surface area contributed by atoms with Gasteiger partial charge in [-0.15, -0.1) is 0 Å². The summed E-state index contributed by atoms with van der Waals surface area (Å²) in [4.78, 5) is 34.5. The summed E-state index contributed by atoms with van der Waals surface area (Å²) in [7, 11) is 5.14. The van der Waals surface area contributed by atoms with Crippen molar-refractivity contribution in [3.63, 3.8) is 0 Å². The van der Waals surface area contributed by atoms with Gasteiger partial charge in [0.25, 0.3) is 5.91 Å². The van der Waals surface area contributed by atoms with Crippen molar-refractivity contribution in [2.75, 3.05) is 54.1 Å². The maximum absolute atomic E-state index is 14.7. The number of nitrogens with zero attached hydrogens (tertiary/aromatic N) is 3. The summed E-state index contributed by atoms with van der Waals surface area (Å²) >= 11 is 0. The smallest absolute Gasteiger partial charge is 0.254 e. The average Bonchev–Trinajstić information content (AvgIpc) is 2.97. The molecule has 3 aliphatic rings. The van der Waals surface area contributed by atoms with Crippen molar-refractivity contribution >= 4 is 11.8 Å². The molecule has 3 aliphatic heterocycles. The number of piperidine rings is 2. The Morgan fingerprint density at radius 2 is 1.76 bits per heavy atom. The fourth-order valence-electron chi connectivity index (χ4n) is 6.92. The number of fused-ring (bicyclic) bond motifs is 2. The third-order valence-electron chi connectivity index (χ3n) is 8.86. The molecule has 2 saturated heterocycles. The fourth-order valence-corrected chi connectivity index (χ4v) is 6.92. The summed E-state index contributed by atoms with van der Waals surface area (Å²) in [6.07, 6.45) is 6.10. The molecule has 2 fully saturated rings. The first-order chi connectivity index (χ1) is 18.5. The Labute approximate surface area is 226 Å². The molecular weight excluding hydrogens is 478 g/mol. The highest BCUT2D eigenvalue weighted by molar-refractivity contribution is 6.01. The lowest BCUT2D eigenvalue weighted by Gasteiger charge is -2.47. The molecule has 2 amide bonds. The van der Waals surface area contributed by atoms with Crippen molar-refractivity contribution in [1.82, 2.24) is 14.7 Å². The number of likely N-dealkylation sites (N-methyl/N-ethyl adjacent to an activating group) is 1. The second kappa shape index (κ2) is 11.9. The van der Waals surface area contributed by atoms with Gasteiger partial charge in [-0.2, -0.15) is 0 Å². The Morgan fingerprint density at radius 3 is 2.53 bits per heavy atom. The van der Waals surface area contributed by atoms with E-state index < -0.39 is 12.0 Å². The Hall–Kier alpha value is -2.90. The summed E-state index contributed by atoms with van der Waals surface area (Å²) in [5.74, 6) is 0.729. The van der Waals surface area contributed by atoms with E-state index in [1.807, 2.05) is 60.5 Å². The summed E-state index contributed by atoms with van der Waals surface area (Å²) in [6, 6.07) is 15.5. The fraction of sp³-hybridized carbons (Fsp3) is 0.548. The van der Waals surface area contributed by atoms with Crippen molar-refractivity contribution in [2.45, 2.75) is 50.1 Å². The van der Waals surface area contributed by atoms with Gasteiger partial charge in [0, 0.05) is 38.9 Å². The third-order valence-corrected chi connectivity index (χ3v) is 8.86. The first-order valence-electron chi connectivity index (χ1n) is 14.0. The lowest BCUT2D eigenvalue weighted by molar-refractivity contribution is -0.136. The van der Waals surface area contributed by atoms with Gasteiger partial charge in [-0.05, 0) is 74.0 Å². The van der Waals surface area contributed by atoms with E-state index in [0.717, 1.165) is 29.8 Å². The number of methoxy groups -OCH3 is 2. The first-order valence-corrected chi connectivity index (χ1v) is 14.0. The van der Waals surface area contributed by atoms with Crippen LogP contribution in [0.3, 0.4) is 0 Å². The maximum Gasteiger partial charge on any atom is 0.254 e. The zero-order valence-electron chi connectivity index (χ0n) is 23.0. The van der Waals surface area contributed by atoms with E-state index >= 15 is 0 Å². The van der Waals surface area contributed by atoms with Gasteiger partial charge in [0.15, 0.2) is 0 Å². The Balaban J connectivity index is 1.51. The number of hydrogen-bond acceptors (Lipinski definition) is 5. The van der Waals surface area contributed by atoms with Crippen LogP contribution in [0.2, 0.25) is 0 Å². The van der Waals surface area contributed by atoms with Crippen LogP contribution in [0.25, 0.3) is 0 Å². The Bertz CT molecular complexity index is 1120. The minimum absolute atomic E-state index is 0.0564. The second-order valence-electron chi connectivity index (χ2n) is 11.0. The standard InChI is InChI=1S/C31H41N3O4/c1-32-29(22-13-15-24(38-3)16-14-22)28(25-10-4-5-11-26(25)30(32)35)31(36)34(19-20-37-2)21-23-9-8-18-33-17-7-6-12-27(23)33/h4-5,10-11,13-16,23,27-29H,6-9,12,17-21H2,1-3H3/t23-,27+,28+,29-/m0/s1. The van der Waals surface area contributed by atoms with Crippen LogP contribution < -0.4 is 4.74 Å². The molecule has 0 bridgehead atoms. The molecule has 0 radical (unpaired) electrons. The van der Waals surface area contributed by atoms with Crippen LogP contribution in [0, 0.1) is 5.92 Å². The zero-order chi connectivity index (χ0) is 26.6. The lowest BCUT2D eigenvalue weighted by atomic mass is 9.78. The van der Waals surface area contributed by atoms with Crippen LogP contribution >= 0.6 is 0 Å². The number of ether oxygens (including phenoxy) is 2. The summed E-state index contributed by atoms with van der Waals surface area (Å²) in [5, 5.41) is 0. The van der Waals surface area contributed by atoms with E-state index in [1.54, 1.807) is 19.1 Å². The Kier molecular flexibility index (Phi) is 8.34. The van der Waals surface area contributed by atoms with Gasteiger partial charge in [0.1, 0.15) is 5.75 Å². The highest BCUT2D eigenvalue weighted by atomic mass is 16.5. The van der Waals surface area contributed by atoms with Crippen LogP contribution in [0.5, 0.6) is 5.75 Å². The SMILES string of the molecule is COCCN(C[C@@H]1CCCN2CCCC[C@H]12)C(=O)[C@@H]1c2ccccc2C(=O)N(C)[C@H]1c1ccc(OC)cc1. The second-order valence-corrected chi connectivity index (χ2v) is 11.0. The van der Waals surface area contributed by atoms with Crippen molar-refractivity contribution in [1.29, 1.82) is 0 Å². The maximum atomic E-state index is 14.7. The first kappa shape index (κ1) is 26.7. The Morgan fingerprint density at radius 1 is 1.00 bits per heavy atom. The number of carbonyl (C=O) groups excluding carboxylic acids is 2. The summed E-state index contributed by atoms with van der Waals surface area (Å²) in [5.41, 5.74) is 2.35. The van der Waals surface area contributed by atoms with Gasteiger partial charge >= 0.3 is 0 Å². The van der Waals surface area contributed by atoms with Crippen LogP contribution in [-0.2, 0) is 9.53 Å². The molecule has 0 unspecified atom stereocenters. The number of rotatable bonds is 8. The van der Waals surface area contributed by atoms with Crippen LogP contribution in [0.4, 0.5) is 0 Å².